The van der Waals surface area contributed by atoms with E-state index in [1.807, 2.05) is 32.9 Å². The van der Waals surface area contributed by atoms with Crippen LogP contribution in [0.3, 0.4) is 0 Å². The molecule has 0 saturated heterocycles. The maximum Gasteiger partial charge on any atom is 0.277 e. The monoisotopic (exact) mass is 546 g/mol. The van der Waals surface area contributed by atoms with Crippen molar-refractivity contribution < 1.29 is 14.6 Å². The van der Waals surface area contributed by atoms with Crippen LogP contribution in [-0.2, 0) is 4.79 Å². The molecule has 0 aliphatic rings. The zero-order chi connectivity index (χ0) is 19.4. The largest absolute Gasteiger partial charge is 0.506 e. The normalized spacial score (nSPS) is 11.0. The SMILES string of the molecule is Cc1ccc(C)c(OCC(=O)NN=Cc2c(Br)cc(Br)c(O)c2Br)c1C. The maximum atomic E-state index is 12.0. The van der Waals surface area contributed by atoms with Crippen molar-refractivity contribution in [2.75, 3.05) is 6.61 Å². The second-order valence-corrected chi connectivity index (χ2v) is 8.15. The quantitative estimate of drug-likeness (QED) is 0.402. The molecule has 0 aliphatic carbocycles. The molecule has 2 N–H and O–H groups in total. The molecule has 8 heteroatoms. The Morgan fingerprint density at radius 3 is 2.54 bits per heavy atom. The topological polar surface area (TPSA) is 70.9 Å². The Balaban J connectivity index is 2.01. The van der Waals surface area contributed by atoms with E-state index in [9.17, 15) is 9.90 Å². The van der Waals surface area contributed by atoms with Gasteiger partial charge in [-0.1, -0.05) is 28.1 Å². The molecule has 0 fully saturated rings. The smallest absolute Gasteiger partial charge is 0.277 e. The van der Waals surface area contributed by atoms with E-state index in [1.165, 1.54) is 6.21 Å². The van der Waals surface area contributed by atoms with Crippen LogP contribution in [0.25, 0.3) is 0 Å². The molecule has 1 amide bonds. The van der Waals surface area contributed by atoms with E-state index in [-0.39, 0.29) is 18.3 Å². The highest BCUT2D eigenvalue weighted by Crippen LogP contribution is 2.38. The summed E-state index contributed by atoms with van der Waals surface area (Å²) in [5.74, 6) is 0.386. The van der Waals surface area contributed by atoms with Crippen molar-refractivity contribution in [1.29, 1.82) is 0 Å². The summed E-state index contributed by atoms with van der Waals surface area (Å²) in [5, 5.41) is 13.8. The lowest BCUT2D eigenvalue weighted by Crippen LogP contribution is -2.25. The molecule has 0 aliphatic heterocycles. The van der Waals surface area contributed by atoms with Gasteiger partial charge in [-0.05, 0) is 75.4 Å². The Morgan fingerprint density at radius 1 is 1.19 bits per heavy atom. The van der Waals surface area contributed by atoms with Crippen molar-refractivity contribution in [2.24, 2.45) is 5.10 Å². The van der Waals surface area contributed by atoms with Gasteiger partial charge >= 0.3 is 0 Å². The fourth-order valence-corrected chi connectivity index (χ4v) is 4.52. The summed E-state index contributed by atoms with van der Waals surface area (Å²) in [6.45, 7) is 5.75. The van der Waals surface area contributed by atoms with Crippen molar-refractivity contribution in [3.63, 3.8) is 0 Å². The lowest BCUT2D eigenvalue weighted by molar-refractivity contribution is -0.123. The van der Waals surface area contributed by atoms with Gasteiger partial charge in [-0.25, -0.2) is 5.43 Å². The number of rotatable bonds is 5. The molecule has 2 aromatic rings. The zero-order valence-electron chi connectivity index (χ0n) is 14.4. The van der Waals surface area contributed by atoms with E-state index in [0.717, 1.165) is 16.7 Å². The molecule has 138 valence electrons. The number of hydrogen-bond donors (Lipinski definition) is 2. The molecular formula is C18H17Br3N2O3. The summed E-state index contributed by atoms with van der Waals surface area (Å²) < 4.78 is 7.34. The first-order chi connectivity index (χ1) is 12.2. The van der Waals surface area contributed by atoms with Gasteiger partial charge in [0.15, 0.2) is 6.61 Å². The number of phenols is 1. The Kier molecular flexibility index (Phi) is 7.25. The number of phenolic OH excluding ortho intramolecular Hbond substituents is 1. The van der Waals surface area contributed by atoms with E-state index in [1.54, 1.807) is 6.07 Å². The molecule has 2 aromatic carbocycles. The molecule has 0 aromatic heterocycles. The van der Waals surface area contributed by atoms with Gasteiger partial charge in [0.25, 0.3) is 5.91 Å². The number of benzene rings is 2. The van der Waals surface area contributed by atoms with Crippen LogP contribution in [0.5, 0.6) is 11.5 Å². The van der Waals surface area contributed by atoms with E-state index in [4.69, 9.17) is 4.74 Å². The standard InChI is InChI=1S/C18H17Br3N2O3/c1-9-4-5-10(2)18(11(9)3)26-8-15(24)23-22-7-12-13(19)6-14(20)17(25)16(12)21/h4-7,25H,8H2,1-3H3,(H,23,24). The molecular weight excluding hydrogens is 532 g/mol. The maximum absolute atomic E-state index is 12.0. The molecule has 0 unspecified atom stereocenters. The van der Waals surface area contributed by atoms with E-state index in [2.05, 4.69) is 58.3 Å². The minimum Gasteiger partial charge on any atom is -0.506 e. The number of aryl methyl sites for hydroxylation is 2. The summed E-state index contributed by atoms with van der Waals surface area (Å²) in [6, 6.07) is 5.67. The van der Waals surface area contributed by atoms with Gasteiger partial charge < -0.3 is 9.84 Å². The van der Waals surface area contributed by atoms with E-state index in [0.29, 0.717) is 24.7 Å². The van der Waals surface area contributed by atoms with Gasteiger partial charge in [-0.15, -0.1) is 0 Å². The highest BCUT2D eigenvalue weighted by molar-refractivity contribution is 9.11. The number of ether oxygens (including phenoxy) is 1. The van der Waals surface area contributed by atoms with Crippen molar-refractivity contribution in [3.05, 3.63) is 53.9 Å². The van der Waals surface area contributed by atoms with Crippen LogP contribution in [0, 0.1) is 20.8 Å². The molecule has 5 nitrogen and oxygen atoms in total. The Bertz CT molecular complexity index is 883. The molecule has 0 heterocycles. The van der Waals surface area contributed by atoms with Gasteiger partial charge in [-0.2, -0.15) is 5.10 Å². The average Bonchev–Trinajstić information content (AvgIpc) is 2.59. The predicted molar refractivity (Wildman–Crippen MR) is 113 cm³/mol. The summed E-state index contributed by atoms with van der Waals surface area (Å²) >= 11 is 9.92. The zero-order valence-corrected chi connectivity index (χ0v) is 19.1. The number of amides is 1. The Labute approximate surface area is 177 Å². The molecule has 26 heavy (non-hydrogen) atoms. The molecule has 0 saturated carbocycles. The van der Waals surface area contributed by atoms with Crippen LogP contribution in [0.4, 0.5) is 0 Å². The molecule has 2 rings (SSSR count). The van der Waals surface area contributed by atoms with Crippen molar-refractivity contribution in [2.45, 2.75) is 20.8 Å². The fourth-order valence-electron chi connectivity index (χ4n) is 2.20. The molecule has 0 radical (unpaired) electrons. The van der Waals surface area contributed by atoms with Gasteiger partial charge in [-0.3, -0.25) is 4.79 Å². The van der Waals surface area contributed by atoms with Crippen molar-refractivity contribution >= 4 is 59.9 Å². The first kappa shape index (κ1) is 20.9. The fraction of sp³-hybridized carbons (Fsp3) is 0.222. The number of halogens is 3. The van der Waals surface area contributed by atoms with Crippen LogP contribution in [-0.4, -0.2) is 23.8 Å². The Morgan fingerprint density at radius 2 is 1.85 bits per heavy atom. The predicted octanol–water partition coefficient (Wildman–Crippen LogP) is 5.13. The number of hydrazone groups is 1. The second kappa shape index (κ2) is 9.01. The first-order valence-electron chi connectivity index (χ1n) is 7.60. The molecule has 0 atom stereocenters. The summed E-state index contributed by atoms with van der Waals surface area (Å²) in [6.07, 6.45) is 1.43. The van der Waals surface area contributed by atoms with Gasteiger partial charge in [0.2, 0.25) is 0 Å². The lowest BCUT2D eigenvalue weighted by Gasteiger charge is -2.13. The van der Waals surface area contributed by atoms with E-state index < -0.39 is 0 Å². The van der Waals surface area contributed by atoms with Gasteiger partial charge in [0.1, 0.15) is 11.5 Å². The van der Waals surface area contributed by atoms with Crippen LogP contribution in [0.1, 0.15) is 22.3 Å². The van der Waals surface area contributed by atoms with Crippen LogP contribution >= 0.6 is 47.8 Å². The van der Waals surface area contributed by atoms with Crippen molar-refractivity contribution in [3.8, 4) is 11.5 Å². The highest BCUT2D eigenvalue weighted by Gasteiger charge is 2.12. The number of aromatic hydroxyl groups is 1. The molecule has 0 spiro atoms. The van der Waals surface area contributed by atoms with Gasteiger partial charge in [0, 0.05) is 10.0 Å². The average molecular weight is 549 g/mol. The van der Waals surface area contributed by atoms with Crippen molar-refractivity contribution in [1.82, 2.24) is 5.43 Å². The van der Waals surface area contributed by atoms with Crippen LogP contribution in [0.15, 0.2) is 36.7 Å². The van der Waals surface area contributed by atoms with Gasteiger partial charge in [0.05, 0.1) is 15.2 Å². The number of carbonyl (C=O) groups excluding carboxylic acids is 1. The van der Waals surface area contributed by atoms with Crippen LogP contribution in [0.2, 0.25) is 0 Å². The second-order valence-electron chi connectivity index (χ2n) is 5.65. The third-order valence-electron chi connectivity index (χ3n) is 3.79. The number of hydrogen-bond acceptors (Lipinski definition) is 4. The summed E-state index contributed by atoms with van der Waals surface area (Å²) in [5.41, 5.74) is 6.10. The van der Waals surface area contributed by atoms with E-state index >= 15 is 0 Å². The third-order valence-corrected chi connectivity index (χ3v) is 5.85. The highest BCUT2D eigenvalue weighted by atomic mass is 79.9. The minimum atomic E-state index is -0.380. The lowest BCUT2D eigenvalue weighted by atomic mass is 10.1. The minimum absolute atomic E-state index is 0.0507. The number of nitrogens with zero attached hydrogens (tertiary/aromatic N) is 1. The molecule has 0 bridgehead atoms. The number of nitrogens with one attached hydrogen (secondary N) is 1. The first-order valence-corrected chi connectivity index (χ1v) is 9.98. The summed E-state index contributed by atoms with van der Waals surface area (Å²) in [7, 11) is 0. The summed E-state index contributed by atoms with van der Waals surface area (Å²) in [4.78, 5) is 12.0. The Hall–Kier alpha value is -1.38. The number of carbonyl (C=O) groups is 1. The van der Waals surface area contributed by atoms with Crippen LogP contribution < -0.4 is 10.2 Å². The third kappa shape index (κ3) is 4.86.